The van der Waals surface area contributed by atoms with Crippen LogP contribution in [0.15, 0.2) is 24.4 Å². The van der Waals surface area contributed by atoms with Gasteiger partial charge in [-0.15, -0.1) is 0 Å². The number of nitrogens with zero attached hydrogens (tertiary/aromatic N) is 3. The molecule has 5 nitrogen and oxygen atoms in total. The first kappa shape index (κ1) is 13.1. The van der Waals surface area contributed by atoms with Crippen LogP contribution in [0.25, 0.3) is 0 Å². The number of rotatable bonds is 2. The lowest BCUT2D eigenvalue weighted by molar-refractivity contribution is 0.0690. The fraction of sp³-hybridized carbons (Fsp3) is 0.533. The van der Waals surface area contributed by atoms with Crippen LogP contribution in [-0.4, -0.2) is 34.1 Å². The quantitative estimate of drug-likeness (QED) is 0.839. The maximum Gasteiger partial charge on any atom is 0.354 e. The van der Waals surface area contributed by atoms with E-state index in [4.69, 9.17) is 5.11 Å². The third-order valence-corrected chi connectivity index (χ3v) is 4.37. The van der Waals surface area contributed by atoms with Gasteiger partial charge < -0.3 is 10.0 Å². The maximum absolute atomic E-state index is 11.0. The van der Waals surface area contributed by atoms with E-state index in [9.17, 15) is 4.79 Å². The molecule has 1 aromatic rings. The number of hydrogen-bond donors (Lipinski definition) is 1. The number of carboxylic acid groups (broad SMARTS) is 1. The van der Waals surface area contributed by atoms with Gasteiger partial charge in [0.2, 0.25) is 5.95 Å². The van der Waals surface area contributed by atoms with Crippen LogP contribution in [-0.2, 0) is 0 Å². The van der Waals surface area contributed by atoms with Gasteiger partial charge in [0.1, 0.15) is 0 Å². The van der Waals surface area contributed by atoms with Gasteiger partial charge in [-0.1, -0.05) is 12.2 Å². The summed E-state index contributed by atoms with van der Waals surface area (Å²) in [6, 6.07) is 1.44. The second-order valence-electron chi connectivity index (χ2n) is 5.79. The summed E-state index contributed by atoms with van der Waals surface area (Å²) in [6.07, 6.45) is 11.9. The fourth-order valence-corrected chi connectivity index (χ4v) is 3.31. The molecule has 1 fully saturated rings. The molecule has 1 N–H and O–H groups in total. The number of anilines is 1. The van der Waals surface area contributed by atoms with E-state index in [2.05, 4.69) is 27.0 Å². The molecule has 1 atom stereocenters. The molecular weight excluding hydrogens is 254 g/mol. The van der Waals surface area contributed by atoms with Crippen LogP contribution in [0.1, 0.15) is 42.6 Å². The summed E-state index contributed by atoms with van der Waals surface area (Å²) in [5.41, 5.74) is 0.397. The van der Waals surface area contributed by atoms with Crippen molar-refractivity contribution in [2.45, 2.75) is 32.1 Å². The fourth-order valence-electron chi connectivity index (χ4n) is 3.31. The zero-order chi connectivity index (χ0) is 14.0. The number of carbonyl (C=O) groups is 1. The Morgan fingerprint density at radius 3 is 3.00 bits per heavy atom. The van der Waals surface area contributed by atoms with E-state index < -0.39 is 5.97 Å². The number of allylic oxidation sites excluding steroid dienone is 2. The minimum atomic E-state index is -0.999. The van der Waals surface area contributed by atoms with Crippen molar-refractivity contribution >= 4 is 11.9 Å². The van der Waals surface area contributed by atoms with Crippen LogP contribution in [0.2, 0.25) is 0 Å². The molecule has 5 heteroatoms. The molecule has 1 aliphatic heterocycles. The SMILES string of the molecule is O=C(O)c1ccnc(N2CCCC3(CC=CCC3)C2)n1. The summed E-state index contributed by atoms with van der Waals surface area (Å²) in [5, 5.41) is 9.03. The summed E-state index contributed by atoms with van der Waals surface area (Å²) in [6.45, 7) is 1.84. The Kier molecular flexibility index (Phi) is 3.42. The standard InChI is InChI=1S/C15H19N3O2/c19-13(20)12-5-9-16-14(17-12)18-10-4-8-15(11-18)6-2-1-3-7-15/h1-2,5,9H,3-4,6-8,10-11H2,(H,19,20). The van der Waals surface area contributed by atoms with Gasteiger partial charge in [-0.3, -0.25) is 0 Å². The predicted molar refractivity (Wildman–Crippen MR) is 75.9 cm³/mol. The highest BCUT2D eigenvalue weighted by Crippen LogP contribution is 2.41. The first-order valence-electron chi connectivity index (χ1n) is 7.15. The van der Waals surface area contributed by atoms with Gasteiger partial charge in [-0.25, -0.2) is 14.8 Å². The molecule has 0 aromatic carbocycles. The Hall–Kier alpha value is -1.91. The second kappa shape index (κ2) is 5.23. The summed E-state index contributed by atoms with van der Waals surface area (Å²) in [5.74, 6) is -0.445. The van der Waals surface area contributed by atoms with E-state index in [1.807, 2.05) is 0 Å². The van der Waals surface area contributed by atoms with Crippen molar-refractivity contribution in [1.82, 2.24) is 9.97 Å². The third-order valence-electron chi connectivity index (χ3n) is 4.37. The minimum absolute atomic E-state index is 0.0677. The molecule has 1 aliphatic carbocycles. The molecule has 0 saturated carbocycles. The van der Waals surface area contributed by atoms with Crippen molar-refractivity contribution in [2.75, 3.05) is 18.0 Å². The van der Waals surface area contributed by atoms with Gasteiger partial charge >= 0.3 is 5.97 Å². The van der Waals surface area contributed by atoms with Crippen LogP contribution >= 0.6 is 0 Å². The largest absolute Gasteiger partial charge is 0.477 e. The molecule has 1 unspecified atom stereocenters. The van der Waals surface area contributed by atoms with Gasteiger partial charge in [0.15, 0.2) is 5.69 Å². The van der Waals surface area contributed by atoms with Crippen molar-refractivity contribution in [3.63, 3.8) is 0 Å². The van der Waals surface area contributed by atoms with Crippen molar-refractivity contribution < 1.29 is 9.90 Å². The first-order chi connectivity index (χ1) is 9.69. The monoisotopic (exact) mass is 273 g/mol. The van der Waals surface area contributed by atoms with Gasteiger partial charge in [0.05, 0.1) is 0 Å². The number of piperidine rings is 1. The second-order valence-corrected chi connectivity index (χ2v) is 5.79. The molecule has 0 bridgehead atoms. The minimum Gasteiger partial charge on any atom is -0.477 e. The summed E-state index contributed by atoms with van der Waals surface area (Å²) < 4.78 is 0. The zero-order valence-electron chi connectivity index (χ0n) is 11.5. The van der Waals surface area contributed by atoms with Crippen molar-refractivity contribution in [3.05, 3.63) is 30.1 Å². The Morgan fingerprint density at radius 1 is 1.35 bits per heavy atom. The van der Waals surface area contributed by atoms with Gasteiger partial charge in [-0.05, 0) is 43.6 Å². The lowest BCUT2D eigenvalue weighted by Crippen LogP contribution is -2.44. The van der Waals surface area contributed by atoms with E-state index in [1.54, 1.807) is 0 Å². The zero-order valence-corrected chi connectivity index (χ0v) is 11.5. The topological polar surface area (TPSA) is 66.3 Å². The molecule has 0 radical (unpaired) electrons. The van der Waals surface area contributed by atoms with E-state index in [0.717, 1.165) is 32.4 Å². The van der Waals surface area contributed by atoms with E-state index in [0.29, 0.717) is 11.4 Å². The molecule has 20 heavy (non-hydrogen) atoms. The Morgan fingerprint density at radius 2 is 2.25 bits per heavy atom. The number of carboxylic acids is 1. The number of aromatic carboxylic acids is 1. The van der Waals surface area contributed by atoms with Crippen molar-refractivity contribution in [3.8, 4) is 0 Å². The summed E-state index contributed by atoms with van der Waals surface area (Å²) in [4.78, 5) is 21.6. The highest BCUT2D eigenvalue weighted by Gasteiger charge is 2.36. The van der Waals surface area contributed by atoms with Gasteiger partial charge in [-0.2, -0.15) is 0 Å². The highest BCUT2D eigenvalue weighted by molar-refractivity contribution is 5.85. The van der Waals surface area contributed by atoms with Gasteiger partial charge in [0.25, 0.3) is 0 Å². The normalized spacial score (nSPS) is 25.9. The molecule has 1 saturated heterocycles. The summed E-state index contributed by atoms with van der Waals surface area (Å²) >= 11 is 0. The predicted octanol–water partition coefficient (Wildman–Crippen LogP) is 2.50. The average molecular weight is 273 g/mol. The van der Waals surface area contributed by atoms with Crippen LogP contribution in [0, 0.1) is 5.41 Å². The third kappa shape index (κ3) is 2.53. The molecule has 2 heterocycles. The molecule has 3 rings (SSSR count). The molecule has 0 amide bonds. The Labute approximate surface area is 118 Å². The van der Waals surface area contributed by atoms with Crippen LogP contribution in [0.5, 0.6) is 0 Å². The van der Waals surface area contributed by atoms with Crippen molar-refractivity contribution in [2.24, 2.45) is 5.41 Å². The Bertz CT molecular complexity index is 544. The van der Waals surface area contributed by atoms with Crippen LogP contribution < -0.4 is 4.90 Å². The lowest BCUT2D eigenvalue weighted by Gasteiger charge is -2.43. The van der Waals surface area contributed by atoms with E-state index >= 15 is 0 Å². The maximum atomic E-state index is 11.0. The smallest absolute Gasteiger partial charge is 0.354 e. The van der Waals surface area contributed by atoms with Crippen LogP contribution in [0.4, 0.5) is 5.95 Å². The Balaban J connectivity index is 1.81. The van der Waals surface area contributed by atoms with E-state index in [1.165, 1.54) is 25.1 Å². The highest BCUT2D eigenvalue weighted by atomic mass is 16.4. The van der Waals surface area contributed by atoms with Gasteiger partial charge in [0, 0.05) is 19.3 Å². The molecule has 1 aromatic heterocycles. The van der Waals surface area contributed by atoms with Crippen molar-refractivity contribution in [1.29, 1.82) is 0 Å². The molecule has 1 spiro atoms. The molecule has 106 valence electrons. The van der Waals surface area contributed by atoms with E-state index in [-0.39, 0.29) is 5.69 Å². The first-order valence-corrected chi connectivity index (χ1v) is 7.15. The lowest BCUT2D eigenvalue weighted by atomic mass is 9.71. The van der Waals surface area contributed by atoms with Crippen LogP contribution in [0.3, 0.4) is 0 Å². The summed E-state index contributed by atoms with van der Waals surface area (Å²) in [7, 11) is 0. The number of aromatic nitrogens is 2. The average Bonchev–Trinajstić information content (AvgIpc) is 2.48. The molecular formula is C15H19N3O2. The molecule has 2 aliphatic rings. The number of hydrogen-bond acceptors (Lipinski definition) is 4.